The van der Waals surface area contributed by atoms with Gasteiger partial charge in [-0.3, -0.25) is 9.59 Å². The first-order valence-corrected chi connectivity index (χ1v) is 11.0. The van der Waals surface area contributed by atoms with Crippen molar-refractivity contribution in [1.82, 2.24) is 20.3 Å². The summed E-state index contributed by atoms with van der Waals surface area (Å²) in [6, 6.07) is 19.3. The average molecular weight is 452 g/mol. The predicted octanol–water partition coefficient (Wildman–Crippen LogP) is 3.88. The van der Waals surface area contributed by atoms with Gasteiger partial charge in [0.25, 0.3) is 5.91 Å². The number of hydrogen-bond acceptors (Lipinski definition) is 6. The van der Waals surface area contributed by atoms with Crippen LogP contribution in [0.4, 0.5) is 0 Å². The number of rotatable bonds is 10. The minimum absolute atomic E-state index is 0.0606. The Labute approximate surface area is 197 Å². The van der Waals surface area contributed by atoms with Crippen molar-refractivity contribution in [3.8, 4) is 11.3 Å². The van der Waals surface area contributed by atoms with Gasteiger partial charge in [-0.2, -0.15) is 0 Å². The number of ketones is 1. The maximum Gasteiger partial charge on any atom is 0.286 e. The van der Waals surface area contributed by atoms with Crippen LogP contribution in [0.5, 0.6) is 0 Å². The van der Waals surface area contributed by atoms with E-state index in [9.17, 15) is 9.59 Å². The number of nitrogens with zero attached hydrogens (tertiary/aromatic N) is 3. The molecule has 0 radical (unpaired) electrons. The van der Waals surface area contributed by atoms with Gasteiger partial charge in [-0.1, -0.05) is 60.7 Å². The van der Waals surface area contributed by atoms with E-state index in [1.54, 1.807) is 6.20 Å². The molecule has 34 heavy (non-hydrogen) atoms. The van der Waals surface area contributed by atoms with E-state index < -0.39 is 5.91 Å². The van der Waals surface area contributed by atoms with E-state index in [-0.39, 0.29) is 11.6 Å². The molecule has 0 saturated heterocycles. The molecule has 7 heteroatoms. The topological polar surface area (TPSA) is 111 Å². The first-order chi connectivity index (χ1) is 16.5. The van der Waals surface area contributed by atoms with Crippen LogP contribution in [0.25, 0.3) is 22.3 Å². The lowest BCUT2D eigenvalue weighted by atomic mass is 10.0. The number of hydrogen-bond donors (Lipinski definition) is 2. The Hall–Kier alpha value is -4.23. The fraction of sp³-hybridized carbons (Fsp3) is 0.148. The molecule has 2 aromatic carbocycles. The Morgan fingerprint density at radius 1 is 1.03 bits per heavy atom. The highest BCUT2D eigenvalue weighted by atomic mass is 16.1. The van der Waals surface area contributed by atoms with Crippen LogP contribution in [0, 0.1) is 0 Å². The number of carbonyl (C=O) groups excluding carboxylic acids is 2. The molecule has 2 aromatic heterocycles. The SMILES string of the molecule is C=CCc1cc2cnc(C(N)=O)nc2nc1-c1ccc(CNCCC(=O)c2ccccc2)cc1. The van der Waals surface area contributed by atoms with Gasteiger partial charge in [-0.05, 0) is 23.6 Å². The molecule has 4 aromatic rings. The fourth-order valence-electron chi connectivity index (χ4n) is 3.67. The van der Waals surface area contributed by atoms with Crippen LogP contribution < -0.4 is 11.1 Å². The second-order valence-corrected chi connectivity index (χ2v) is 7.87. The van der Waals surface area contributed by atoms with E-state index >= 15 is 0 Å². The van der Waals surface area contributed by atoms with Crippen molar-refractivity contribution in [2.24, 2.45) is 5.73 Å². The summed E-state index contributed by atoms with van der Waals surface area (Å²) in [5.41, 5.74) is 10.3. The maximum atomic E-state index is 12.2. The third-order valence-electron chi connectivity index (χ3n) is 5.41. The highest BCUT2D eigenvalue weighted by Crippen LogP contribution is 2.26. The molecule has 7 nitrogen and oxygen atoms in total. The molecule has 170 valence electrons. The fourth-order valence-corrected chi connectivity index (χ4v) is 3.67. The maximum absolute atomic E-state index is 12.2. The molecule has 0 aliphatic heterocycles. The van der Waals surface area contributed by atoms with Gasteiger partial charge >= 0.3 is 0 Å². The van der Waals surface area contributed by atoms with Crippen LogP contribution in [0.2, 0.25) is 0 Å². The van der Waals surface area contributed by atoms with Crippen molar-refractivity contribution in [3.05, 3.63) is 102 Å². The summed E-state index contributed by atoms with van der Waals surface area (Å²) in [5, 5.41) is 4.06. The van der Waals surface area contributed by atoms with Gasteiger partial charge in [0, 0.05) is 42.2 Å². The zero-order chi connectivity index (χ0) is 23.9. The molecule has 0 unspecified atom stereocenters. The minimum Gasteiger partial charge on any atom is -0.363 e. The quantitative estimate of drug-likeness (QED) is 0.215. The largest absolute Gasteiger partial charge is 0.363 e. The van der Waals surface area contributed by atoms with Crippen LogP contribution in [0.1, 0.15) is 38.5 Å². The Morgan fingerprint density at radius 2 is 1.79 bits per heavy atom. The third kappa shape index (κ3) is 5.39. The monoisotopic (exact) mass is 451 g/mol. The first-order valence-electron chi connectivity index (χ1n) is 11.0. The number of amides is 1. The highest BCUT2D eigenvalue weighted by molar-refractivity contribution is 5.96. The van der Waals surface area contributed by atoms with Crippen molar-refractivity contribution in [3.63, 3.8) is 0 Å². The number of nitrogens with two attached hydrogens (primary N) is 1. The lowest BCUT2D eigenvalue weighted by molar-refractivity contribution is 0.0977. The van der Waals surface area contributed by atoms with E-state index in [4.69, 9.17) is 10.7 Å². The van der Waals surface area contributed by atoms with Crippen LogP contribution in [0.3, 0.4) is 0 Å². The van der Waals surface area contributed by atoms with E-state index in [0.29, 0.717) is 31.6 Å². The predicted molar refractivity (Wildman–Crippen MR) is 132 cm³/mol. The standard InChI is InChI=1S/C27H25N5O2/c1-2-6-21-15-22-17-30-27(25(28)34)32-26(22)31-24(21)20-11-9-18(10-12-20)16-29-14-13-23(33)19-7-4-3-5-8-19/h2-5,7-12,15,17,29H,1,6,13-14,16H2,(H2,28,34). The number of primary amides is 1. The van der Waals surface area contributed by atoms with Gasteiger partial charge in [0.15, 0.2) is 11.4 Å². The smallest absolute Gasteiger partial charge is 0.286 e. The summed E-state index contributed by atoms with van der Waals surface area (Å²) in [5.74, 6) is -0.624. The lowest BCUT2D eigenvalue weighted by Gasteiger charge is -2.11. The second-order valence-electron chi connectivity index (χ2n) is 7.87. The summed E-state index contributed by atoms with van der Waals surface area (Å²) in [6.45, 7) is 5.10. The zero-order valence-corrected chi connectivity index (χ0v) is 18.7. The first kappa shape index (κ1) is 22.9. The molecule has 0 saturated carbocycles. The molecule has 0 spiro atoms. The van der Waals surface area contributed by atoms with E-state index in [0.717, 1.165) is 33.3 Å². The minimum atomic E-state index is -0.692. The normalized spacial score (nSPS) is 10.8. The van der Waals surface area contributed by atoms with Crippen molar-refractivity contribution in [2.75, 3.05) is 6.54 Å². The number of benzene rings is 2. The van der Waals surface area contributed by atoms with Crippen LogP contribution in [-0.4, -0.2) is 33.2 Å². The Morgan fingerprint density at radius 3 is 2.50 bits per heavy atom. The molecule has 0 atom stereocenters. The zero-order valence-electron chi connectivity index (χ0n) is 18.7. The molecular weight excluding hydrogens is 426 g/mol. The average Bonchev–Trinajstić information content (AvgIpc) is 2.87. The molecule has 4 rings (SSSR count). The highest BCUT2D eigenvalue weighted by Gasteiger charge is 2.12. The van der Waals surface area contributed by atoms with Gasteiger partial charge in [0.1, 0.15) is 0 Å². The van der Waals surface area contributed by atoms with Crippen molar-refractivity contribution < 1.29 is 9.59 Å². The summed E-state index contributed by atoms with van der Waals surface area (Å²) >= 11 is 0. The van der Waals surface area contributed by atoms with Gasteiger partial charge in [-0.15, -0.1) is 6.58 Å². The van der Waals surface area contributed by atoms with Crippen molar-refractivity contribution in [2.45, 2.75) is 19.4 Å². The van der Waals surface area contributed by atoms with Gasteiger partial charge in [0.2, 0.25) is 5.82 Å². The number of allylic oxidation sites excluding steroid dienone is 1. The summed E-state index contributed by atoms with van der Waals surface area (Å²) in [4.78, 5) is 36.6. The number of fused-ring (bicyclic) bond motifs is 1. The van der Waals surface area contributed by atoms with E-state index in [1.807, 2.05) is 66.7 Å². The number of nitrogens with one attached hydrogen (secondary N) is 1. The second kappa shape index (κ2) is 10.6. The van der Waals surface area contributed by atoms with Crippen LogP contribution in [0.15, 0.2) is 79.5 Å². The van der Waals surface area contributed by atoms with Crippen LogP contribution >= 0.6 is 0 Å². The third-order valence-corrected chi connectivity index (χ3v) is 5.41. The van der Waals surface area contributed by atoms with E-state index in [2.05, 4.69) is 21.9 Å². The summed E-state index contributed by atoms with van der Waals surface area (Å²) in [6.07, 6.45) is 4.46. The molecule has 1 amide bonds. The van der Waals surface area contributed by atoms with Gasteiger partial charge in [-0.25, -0.2) is 15.0 Å². The summed E-state index contributed by atoms with van der Waals surface area (Å²) in [7, 11) is 0. The number of carbonyl (C=O) groups is 2. The Kier molecular flexibility index (Phi) is 7.15. The number of Topliss-reactive ketones (excluding diaryl/α,β-unsaturated/α-hetero) is 1. The molecule has 0 bridgehead atoms. The molecule has 0 aliphatic carbocycles. The molecule has 0 fully saturated rings. The number of pyridine rings is 1. The molecule has 3 N–H and O–H groups in total. The van der Waals surface area contributed by atoms with Crippen molar-refractivity contribution >= 4 is 22.7 Å². The van der Waals surface area contributed by atoms with Gasteiger partial charge in [0.05, 0.1) is 5.69 Å². The molecule has 0 aliphatic rings. The molecule has 2 heterocycles. The molecular formula is C27H25N5O2. The van der Waals surface area contributed by atoms with Crippen molar-refractivity contribution in [1.29, 1.82) is 0 Å². The Balaban J connectivity index is 1.46. The van der Waals surface area contributed by atoms with E-state index in [1.165, 1.54) is 0 Å². The Bertz CT molecular complexity index is 1330. The van der Waals surface area contributed by atoms with Crippen LogP contribution in [-0.2, 0) is 13.0 Å². The van der Waals surface area contributed by atoms with Gasteiger partial charge < -0.3 is 11.1 Å². The number of aromatic nitrogens is 3. The lowest BCUT2D eigenvalue weighted by Crippen LogP contribution is -2.17. The summed E-state index contributed by atoms with van der Waals surface area (Å²) < 4.78 is 0.